The SMILES string of the molecule is CC(C)(C)OC(=O)N1CC[C@@H]2[C@H]1CCCCN2Cc1ccccc1Cl. The first-order valence-electron chi connectivity index (χ1n) is 9.32. The third-order valence-corrected chi connectivity index (χ3v) is 5.50. The molecule has 0 aliphatic carbocycles. The van der Waals surface area contributed by atoms with Crippen molar-refractivity contribution in [3.8, 4) is 0 Å². The number of hydrogen-bond donors (Lipinski definition) is 0. The van der Waals surface area contributed by atoms with Crippen LogP contribution in [0.25, 0.3) is 0 Å². The molecule has 0 bridgehead atoms. The van der Waals surface area contributed by atoms with E-state index >= 15 is 0 Å². The lowest BCUT2D eigenvalue weighted by Gasteiger charge is -2.34. The minimum atomic E-state index is -0.447. The van der Waals surface area contributed by atoms with Crippen molar-refractivity contribution in [2.24, 2.45) is 0 Å². The summed E-state index contributed by atoms with van der Waals surface area (Å²) in [5.74, 6) is 0. The maximum Gasteiger partial charge on any atom is 0.410 e. The normalized spacial score (nSPS) is 24.7. The number of hydrogen-bond acceptors (Lipinski definition) is 3. The minimum absolute atomic E-state index is 0.167. The van der Waals surface area contributed by atoms with Crippen molar-refractivity contribution in [2.75, 3.05) is 13.1 Å². The van der Waals surface area contributed by atoms with Crippen molar-refractivity contribution in [1.82, 2.24) is 9.80 Å². The molecule has 1 aromatic rings. The minimum Gasteiger partial charge on any atom is -0.444 e. The summed E-state index contributed by atoms with van der Waals surface area (Å²) in [5, 5.41) is 0.824. The molecule has 2 aliphatic heterocycles. The first-order chi connectivity index (χ1) is 11.8. The summed E-state index contributed by atoms with van der Waals surface area (Å²) < 4.78 is 5.63. The van der Waals surface area contributed by atoms with E-state index in [0.29, 0.717) is 6.04 Å². The average Bonchev–Trinajstić information content (AvgIpc) is 2.85. The summed E-state index contributed by atoms with van der Waals surface area (Å²) in [7, 11) is 0. The molecule has 1 aromatic carbocycles. The van der Waals surface area contributed by atoms with Gasteiger partial charge in [-0.1, -0.05) is 36.2 Å². The lowest BCUT2D eigenvalue weighted by Crippen LogP contribution is -2.46. The zero-order chi connectivity index (χ0) is 18.0. The number of nitrogens with zero attached hydrogens (tertiary/aromatic N) is 2. The van der Waals surface area contributed by atoms with Crippen LogP contribution in [0.1, 0.15) is 52.0 Å². The van der Waals surface area contributed by atoms with Crippen molar-refractivity contribution in [3.63, 3.8) is 0 Å². The van der Waals surface area contributed by atoms with Crippen LogP contribution in [0.15, 0.2) is 24.3 Å². The van der Waals surface area contributed by atoms with E-state index in [2.05, 4.69) is 11.0 Å². The molecule has 0 saturated carbocycles. The molecule has 0 radical (unpaired) electrons. The van der Waals surface area contributed by atoms with Crippen molar-refractivity contribution in [1.29, 1.82) is 0 Å². The number of likely N-dealkylation sites (tertiary alicyclic amines) is 2. The monoisotopic (exact) mass is 364 g/mol. The van der Waals surface area contributed by atoms with E-state index in [9.17, 15) is 4.79 Å². The Balaban J connectivity index is 1.73. The van der Waals surface area contributed by atoms with Crippen molar-refractivity contribution in [3.05, 3.63) is 34.9 Å². The Kier molecular flexibility index (Phi) is 5.59. The number of carbonyl (C=O) groups is 1. The van der Waals surface area contributed by atoms with E-state index in [4.69, 9.17) is 16.3 Å². The largest absolute Gasteiger partial charge is 0.444 e. The number of carbonyl (C=O) groups excluding carboxylic acids is 1. The van der Waals surface area contributed by atoms with Gasteiger partial charge in [0, 0.05) is 24.2 Å². The van der Waals surface area contributed by atoms with Crippen LogP contribution in [0, 0.1) is 0 Å². The highest BCUT2D eigenvalue weighted by atomic mass is 35.5. The molecule has 0 N–H and O–H groups in total. The predicted octanol–water partition coefficient (Wildman–Crippen LogP) is 4.70. The Morgan fingerprint density at radius 1 is 1.16 bits per heavy atom. The highest BCUT2D eigenvalue weighted by Gasteiger charge is 2.42. The van der Waals surface area contributed by atoms with Gasteiger partial charge in [-0.25, -0.2) is 4.79 Å². The van der Waals surface area contributed by atoms with Crippen LogP contribution in [-0.2, 0) is 11.3 Å². The van der Waals surface area contributed by atoms with Gasteiger partial charge in [0.25, 0.3) is 0 Å². The average molecular weight is 365 g/mol. The Morgan fingerprint density at radius 2 is 1.92 bits per heavy atom. The summed E-state index contributed by atoms with van der Waals surface area (Å²) in [6.07, 6.45) is 4.22. The van der Waals surface area contributed by atoms with Crippen LogP contribution < -0.4 is 0 Å². The Morgan fingerprint density at radius 3 is 2.64 bits per heavy atom. The maximum absolute atomic E-state index is 12.6. The van der Waals surface area contributed by atoms with E-state index in [1.165, 1.54) is 12.0 Å². The predicted molar refractivity (Wildman–Crippen MR) is 101 cm³/mol. The van der Waals surface area contributed by atoms with Gasteiger partial charge in [0.2, 0.25) is 0 Å². The van der Waals surface area contributed by atoms with Gasteiger partial charge in [-0.05, 0) is 58.2 Å². The van der Waals surface area contributed by atoms with Gasteiger partial charge in [-0.15, -0.1) is 0 Å². The smallest absolute Gasteiger partial charge is 0.410 e. The van der Waals surface area contributed by atoms with Crippen LogP contribution in [-0.4, -0.2) is 46.7 Å². The van der Waals surface area contributed by atoms with E-state index < -0.39 is 5.60 Å². The molecule has 2 aliphatic rings. The Bertz CT molecular complexity index is 614. The van der Waals surface area contributed by atoms with Crippen LogP contribution in [0.2, 0.25) is 5.02 Å². The van der Waals surface area contributed by atoms with E-state index in [-0.39, 0.29) is 12.1 Å². The third-order valence-electron chi connectivity index (χ3n) is 5.13. The van der Waals surface area contributed by atoms with Gasteiger partial charge in [0.1, 0.15) is 5.60 Å². The van der Waals surface area contributed by atoms with Gasteiger partial charge in [-0.2, -0.15) is 0 Å². The summed E-state index contributed by atoms with van der Waals surface area (Å²) in [4.78, 5) is 17.1. The molecule has 3 rings (SSSR count). The van der Waals surface area contributed by atoms with E-state index in [0.717, 1.165) is 43.9 Å². The first kappa shape index (κ1) is 18.5. The van der Waals surface area contributed by atoms with Crippen molar-refractivity contribution >= 4 is 17.7 Å². The quantitative estimate of drug-likeness (QED) is 0.762. The van der Waals surface area contributed by atoms with Gasteiger partial charge in [-0.3, -0.25) is 4.90 Å². The molecule has 138 valence electrons. The molecule has 2 heterocycles. The topological polar surface area (TPSA) is 32.8 Å². The van der Waals surface area contributed by atoms with Gasteiger partial charge in [0.15, 0.2) is 0 Å². The van der Waals surface area contributed by atoms with Crippen LogP contribution in [0.5, 0.6) is 0 Å². The lowest BCUT2D eigenvalue weighted by molar-refractivity contribution is 0.0186. The number of ether oxygens (including phenoxy) is 1. The highest BCUT2D eigenvalue weighted by Crippen LogP contribution is 2.33. The molecule has 1 amide bonds. The molecular weight excluding hydrogens is 336 g/mol. The van der Waals surface area contributed by atoms with Crippen molar-refractivity contribution < 1.29 is 9.53 Å². The molecular formula is C20H29ClN2O2. The summed E-state index contributed by atoms with van der Waals surface area (Å²) in [5.41, 5.74) is 0.720. The second-order valence-electron chi connectivity index (χ2n) is 8.15. The zero-order valence-electron chi connectivity index (χ0n) is 15.5. The molecule has 2 fully saturated rings. The molecule has 5 heteroatoms. The molecule has 0 aromatic heterocycles. The Hall–Kier alpha value is -1.26. The first-order valence-corrected chi connectivity index (χ1v) is 9.70. The Labute approximate surface area is 156 Å². The van der Waals surface area contributed by atoms with Crippen molar-refractivity contribution in [2.45, 2.75) is 70.7 Å². The number of benzene rings is 1. The number of fused-ring (bicyclic) bond motifs is 1. The number of halogens is 1. The second-order valence-corrected chi connectivity index (χ2v) is 8.56. The zero-order valence-corrected chi connectivity index (χ0v) is 16.3. The molecule has 2 saturated heterocycles. The summed E-state index contributed by atoms with van der Waals surface area (Å²) >= 11 is 6.37. The molecule has 0 unspecified atom stereocenters. The molecule has 2 atom stereocenters. The number of amides is 1. The molecule has 0 spiro atoms. The molecule has 25 heavy (non-hydrogen) atoms. The van der Waals surface area contributed by atoms with E-state index in [1.807, 2.05) is 43.9 Å². The van der Waals surface area contributed by atoms with Gasteiger partial charge < -0.3 is 9.64 Å². The van der Waals surface area contributed by atoms with Crippen LogP contribution >= 0.6 is 11.6 Å². The maximum atomic E-state index is 12.6. The van der Waals surface area contributed by atoms with Crippen LogP contribution in [0.3, 0.4) is 0 Å². The second kappa shape index (κ2) is 7.55. The fourth-order valence-corrected chi connectivity index (χ4v) is 4.23. The summed E-state index contributed by atoms with van der Waals surface area (Å²) in [6, 6.07) is 8.71. The number of rotatable bonds is 2. The fourth-order valence-electron chi connectivity index (χ4n) is 4.03. The third kappa shape index (κ3) is 4.48. The summed E-state index contributed by atoms with van der Waals surface area (Å²) in [6.45, 7) is 8.47. The van der Waals surface area contributed by atoms with E-state index in [1.54, 1.807) is 0 Å². The molecule has 4 nitrogen and oxygen atoms in total. The van der Waals surface area contributed by atoms with Crippen LogP contribution in [0.4, 0.5) is 4.79 Å². The van der Waals surface area contributed by atoms with Gasteiger partial charge in [0.05, 0.1) is 6.04 Å². The lowest BCUT2D eigenvalue weighted by atomic mass is 10.0. The standard InChI is InChI=1S/C20H29ClN2O2/c1-20(2,3)25-19(24)23-13-11-17-18(23)10-6-7-12-22(17)14-15-8-4-5-9-16(15)21/h4-5,8-9,17-18H,6-7,10-14H2,1-3H3/t17-,18-/m1/s1. The fraction of sp³-hybridized carbons (Fsp3) is 0.650. The highest BCUT2D eigenvalue weighted by molar-refractivity contribution is 6.31. The van der Waals surface area contributed by atoms with Gasteiger partial charge >= 0.3 is 6.09 Å².